The van der Waals surface area contributed by atoms with Gasteiger partial charge in [0.15, 0.2) is 12.2 Å². The zero-order valence-electron chi connectivity index (χ0n) is 15.7. The second kappa shape index (κ2) is 11.5. The Morgan fingerprint density at radius 2 is 0.846 bits per heavy atom. The van der Waals surface area contributed by atoms with Crippen molar-refractivity contribution in [2.45, 2.75) is 114 Å². The summed E-state index contributed by atoms with van der Waals surface area (Å²) < 4.78 is 10.7. The lowest BCUT2D eigenvalue weighted by atomic mass is 9.98. The van der Waals surface area contributed by atoms with Crippen LogP contribution in [0, 0.1) is 0 Å². The second-order valence-corrected chi connectivity index (χ2v) is 7.70. The highest BCUT2D eigenvalue weighted by atomic mass is 16.6. The number of esters is 2. The highest BCUT2D eigenvalue weighted by molar-refractivity contribution is 5.85. The molecule has 0 radical (unpaired) electrons. The smallest absolute Gasteiger partial charge is 0.338 e. The molecule has 2 aliphatic rings. The quantitative estimate of drug-likeness (QED) is 0.723. The molecule has 150 valence electrons. The first kappa shape index (κ1) is 21.2. The number of hydrogen-bond acceptors (Lipinski definition) is 6. The molecule has 2 rings (SSSR count). The van der Waals surface area contributed by atoms with Gasteiger partial charge in [0.05, 0.1) is 0 Å². The molecule has 0 bridgehead atoms. The standard InChI is InChI=1S/C20H34O6/c21-17(19(23)25-15-11-7-3-1-4-8-12-15)18(22)20(24)26-16-13-9-5-2-6-10-14-16/h15-18,21-22H,1-14H2/t17-,18-/m1/s1. The van der Waals surface area contributed by atoms with E-state index < -0.39 is 24.1 Å². The van der Waals surface area contributed by atoms with Crippen molar-refractivity contribution in [1.29, 1.82) is 0 Å². The van der Waals surface area contributed by atoms with Gasteiger partial charge in [-0.3, -0.25) is 0 Å². The Hall–Kier alpha value is -1.14. The van der Waals surface area contributed by atoms with Crippen molar-refractivity contribution >= 4 is 11.9 Å². The van der Waals surface area contributed by atoms with Crippen LogP contribution in [-0.4, -0.2) is 46.6 Å². The van der Waals surface area contributed by atoms with Crippen LogP contribution in [0.3, 0.4) is 0 Å². The molecule has 2 saturated carbocycles. The van der Waals surface area contributed by atoms with Crippen LogP contribution in [0.1, 0.15) is 89.9 Å². The molecule has 2 atom stereocenters. The third-order valence-corrected chi connectivity index (χ3v) is 5.45. The van der Waals surface area contributed by atoms with Gasteiger partial charge in [0.2, 0.25) is 0 Å². The van der Waals surface area contributed by atoms with Gasteiger partial charge in [-0.15, -0.1) is 0 Å². The summed E-state index contributed by atoms with van der Waals surface area (Å²) in [7, 11) is 0. The maximum absolute atomic E-state index is 12.1. The van der Waals surface area contributed by atoms with Crippen molar-refractivity contribution in [3.8, 4) is 0 Å². The van der Waals surface area contributed by atoms with Gasteiger partial charge in [0.25, 0.3) is 0 Å². The Morgan fingerprint density at radius 3 is 1.15 bits per heavy atom. The van der Waals surface area contributed by atoms with Gasteiger partial charge >= 0.3 is 11.9 Å². The van der Waals surface area contributed by atoms with Crippen molar-refractivity contribution < 1.29 is 29.3 Å². The fourth-order valence-corrected chi connectivity index (χ4v) is 3.80. The van der Waals surface area contributed by atoms with Crippen LogP contribution in [0.15, 0.2) is 0 Å². The molecule has 0 amide bonds. The summed E-state index contributed by atoms with van der Waals surface area (Å²) in [5.41, 5.74) is 0. The topological polar surface area (TPSA) is 93.1 Å². The first-order valence-corrected chi connectivity index (χ1v) is 10.3. The predicted molar refractivity (Wildman–Crippen MR) is 96.4 cm³/mol. The molecule has 0 aromatic carbocycles. The number of ether oxygens (including phenoxy) is 2. The number of carbonyl (C=O) groups excluding carboxylic acids is 2. The van der Waals surface area contributed by atoms with E-state index >= 15 is 0 Å². The van der Waals surface area contributed by atoms with Gasteiger partial charge < -0.3 is 19.7 Å². The molecule has 6 heteroatoms. The van der Waals surface area contributed by atoms with E-state index in [9.17, 15) is 19.8 Å². The Balaban J connectivity index is 1.78. The van der Waals surface area contributed by atoms with Crippen molar-refractivity contribution in [2.24, 2.45) is 0 Å². The number of rotatable bonds is 5. The molecule has 2 aliphatic carbocycles. The summed E-state index contributed by atoms with van der Waals surface area (Å²) in [4.78, 5) is 24.2. The molecular weight excluding hydrogens is 336 g/mol. The molecule has 0 heterocycles. The fourth-order valence-electron chi connectivity index (χ4n) is 3.80. The van der Waals surface area contributed by atoms with Gasteiger partial charge in [0, 0.05) is 0 Å². The van der Waals surface area contributed by atoms with E-state index in [2.05, 4.69) is 0 Å². The summed E-state index contributed by atoms with van der Waals surface area (Å²) in [6.07, 6.45) is 9.62. The number of hydrogen-bond donors (Lipinski definition) is 2. The van der Waals surface area contributed by atoms with Crippen LogP contribution >= 0.6 is 0 Å². The average molecular weight is 370 g/mol. The monoisotopic (exact) mass is 370 g/mol. The Morgan fingerprint density at radius 1 is 0.577 bits per heavy atom. The van der Waals surface area contributed by atoms with Crippen LogP contribution in [0.4, 0.5) is 0 Å². The Bertz CT molecular complexity index is 382. The molecule has 2 N–H and O–H groups in total. The summed E-state index contributed by atoms with van der Waals surface area (Å²) in [6.45, 7) is 0. The van der Waals surface area contributed by atoms with Gasteiger partial charge in [-0.1, -0.05) is 38.5 Å². The van der Waals surface area contributed by atoms with E-state index in [0.29, 0.717) is 0 Å². The van der Waals surface area contributed by atoms with Gasteiger partial charge in [-0.25, -0.2) is 9.59 Å². The average Bonchev–Trinajstić information content (AvgIpc) is 2.57. The molecule has 2 fully saturated rings. The molecule has 6 nitrogen and oxygen atoms in total. The van der Waals surface area contributed by atoms with Crippen LogP contribution in [0.25, 0.3) is 0 Å². The molecule has 0 spiro atoms. The SMILES string of the molecule is O=C(OC1CCCCCCC1)[C@H](O)[C@@H](O)C(=O)OC1CCCCCCC1. The van der Waals surface area contributed by atoms with E-state index in [-0.39, 0.29) is 12.2 Å². The van der Waals surface area contributed by atoms with E-state index in [1.54, 1.807) is 0 Å². The predicted octanol–water partition coefficient (Wildman–Crippen LogP) is 3.02. The van der Waals surface area contributed by atoms with Gasteiger partial charge in [-0.05, 0) is 51.4 Å². The summed E-state index contributed by atoms with van der Waals surface area (Å²) in [5.74, 6) is -1.87. The highest BCUT2D eigenvalue weighted by Crippen LogP contribution is 2.22. The fraction of sp³-hybridized carbons (Fsp3) is 0.900. The minimum absolute atomic E-state index is 0.244. The normalized spacial score (nSPS) is 23.6. The Labute approximate surface area is 156 Å². The lowest BCUT2D eigenvalue weighted by Gasteiger charge is -2.24. The van der Waals surface area contributed by atoms with Gasteiger partial charge in [-0.2, -0.15) is 0 Å². The van der Waals surface area contributed by atoms with Crippen molar-refractivity contribution in [1.82, 2.24) is 0 Å². The minimum Gasteiger partial charge on any atom is -0.460 e. The van der Waals surface area contributed by atoms with Crippen LogP contribution in [-0.2, 0) is 19.1 Å². The molecular formula is C20H34O6. The van der Waals surface area contributed by atoms with Crippen LogP contribution in [0.2, 0.25) is 0 Å². The van der Waals surface area contributed by atoms with Crippen LogP contribution in [0.5, 0.6) is 0 Å². The first-order valence-electron chi connectivity index (χ1n) is 10.3. The summed E-state index contributed by atoms with van der Waals surface area (Å²) in [6, 6.07) is 0. The van der Waals surface area contributed by atoms with Gasteiger partial charge in [0.1, 0.15) is 12.2 Å². The zero-order chi connectivity index (χ0) is 18.8. The third-order valence-electron chi connectivity index (χ3n) is 5.45. The maximum atomic E-state index is 12.1. The number of carbonyl (C=O) groups is 2. The summed E-state index contributed by atoms with van der Waals surface area (Å²) >= 11 is 0. The van der Waals surface area contributed by atoms with Crippen molar-refractivity contribution in [3.05, 3.63) is 0 Å². The molecule has 26 heavy (non-hydrogen) atoms. The van der Waals surface area contributed by atoms with Crippen LogP contribution < -0.4 is 0 Å². The lowest BCUT2D eigenvalue weighted by molar-refractivity contribution is -0.179. The Kier molecular flexibility index (Phi) is 9.40. The number of aliphatic hydroxyl groups is 2. The van der Waals surface area contributed by atoms with Crippen molar-refractivity contribution in [3.63, 3.8) is 0 Å². The van der Waals surface area contributed by atoms with E-state index in [0.717, 1.165) is 77.0 Å². The van der Waals surface area contributed by atoms with E-state index in [1.807, 2.05) is 0 Å². The third kappa shape index (κ3) is 7.23. The van der Waals surface area contributed by atoms with E-state index in [1.165, 1.54) is 12.8 Å². The minimum atomic E-state index is -1.89. The van der Waals surface area contributed by atoms with Crippen molar-refractivity contribution in [2.75, 3.05) is 0 Å². The van der Waals surface area contributed by atoms with E-state index in [4.69, 9.17) is 9.47 Å². The largest absolute Gasteiger partial charge is 0.460 e. The lowest BCUT2D eigenvalue weighted by Crippen LogP contribution is -2.43. The molecule has 0 saturated heterocycles. The highest BCUT2D eigenvalue weighted by Gasteiger charge is 2.35. The first-order chi connectivity index (χ1) is 12.6. The molecule has 0 unspecified atom stereocenters. The maximum Gasteiger partial charge on any atom is 0.338 e. The molecule has 0 aliphatic heterocycles. The summed E-state index contributed by atoms with van der Waals surface area (Å²) in [5, 5.41) is 20.0. The molecule has 0 aromatic rings. The zero-order valence-corrected chi connectivity index (χ0v) is 15.7. The second-order valence-electron chi connectivity index (χ2n) is 7.70. The molecule has 0 aromatic heterocycles. The number of aliphatic hydroxyl groups excluding tert-OH is 2.